The zero-order valence-corrected chi connectivity index (χ0v) is 13.6. The van der Waals surface area contributed by atoms with Crippen molar-refractivity contribution in [1.29, 1.82) is 0 Å². The molecule has 2 amide bonds. The SMILES string of the molecule is O=C(CN1CCCCC1=O)NCCN1CCc2ccccc2C1. The number of carbonyl (C=O) groups is 2. The first-order valence-corrected chi connectivity index (χ1v) is 8.56. The van der Waals surface area contributed by atoms with E-state index in [1.54, 1.807) is 4.90 Å². The normalized spacial score (nSPS) is 18.6. The van der Waals surface area contributed by atoms with Crippen LogP contribution in [0.25, 0.3) is 0 Å². The van der Waals surface area contributed by atoms with Gasteiger partial charge in [-0.05, 0) is 30.4 Å². The Bertz CT molecular complexity index is 573. The van der Waals surface area contributed by atoms with Gasteiger partial charge in [0.05, 0.1) is 6.54 Å². The number of nitrogens with zero attached hydrogens (tertiary/aromatic N) is 2. The van der Waals surface area contributed by atoms with Crippen molar-refractivity contribution in [1.82, 2.24) is 15.1 Å². The summed E-state index contributed by atoms with van der Waals surface area (Å²) in [5.74, 6) is 0.0664. The molecule has 0 bridgehead atoms. The Morgan fingerprint density at radius 2 is 1.91 bits per heavy atom. The monoisotopic (exact) mass is 315 g/mol. The fourth-order valence-corrected chi connectivity index (χ4v) is 3.36. The number of fused-ring (bicyclic) bond motifs is 1. The summed E-state index contributed by atoms with van der Waals surface area (Å²) >= 11 is 0. The van der Waals surface area contributed by atoms with Crippen molar-refractivity contribution in [2.75, 3.05) is 32.7 Å². The fraction of sp³-hybridized carbons (Fsp3) is 0.556. The minimum Gasteiger partial charge on any atom is -0.353 e. The highest BCUT2D eigenvalue weighted by Crippen LogP contribution is 2.17. The highest BCUT2D eigenvalue weighted by molar-refractivity contribution is 5.85. The number of piperidine rings is 1. The van der Waals surface area contributed by atoms with Crippen LogP contribution >= 0.6 is 0 Å². The topological polar surface area (TPSA) is 52.7 Å². The van der Waals surface area contributed by atoms with Crippen LogP contribution in [0.1, 0.15) is 30.4 Å². The van der Waals surface area contributed by atoms with Crippen molar-refractivity contribution in [3.63, 3.8) is 0 Å². The molecular formula is C18H25N3O2. The zero-order chi connectivity index (χ0) is 16.1. The van der Waals surface area contributed by atoms with E-state index in [0.29, 0.717) is 13.0 Å². The van der Waals surface area contributed by atoms with E-state index in [4.69, 9.17) is 0 Å². The summed E-state index contributed by atoms with van der Waals surface area (Å²) in [6, 6.07) is 8.56. The maximum Gasteiger partial charge on any atom is 0.239 e. The maximum absolute atomic E-state index is 12.0. The summed E-state index contributed by atoms with van der Waals surface area (Å²) < 4.78 is 0. The lowest BCUT2D eigenvalue weighted by Crippen LogP contribution is -2.44. The molecule has 5 heteroatoms. The van der Waals surface area contributed by atoms with Crippen LogP contribution in [0.2, 0.25) is 0 Å². The van der Waals surface area contributed by atoms with Crippen LogP contribution in [0.15, 0.2) is 24.3 Å². The molecule has 0 atom stereocenters. The quantitative estimate of drug-likeness (QED) is 0.887. The number of hydrogen-bond acceptors (Lipinski definition) is 3. The van der Waals surface area contributed by atoms with E-state index in [2.05, 4.69) is 34.5 Å². The molecule has 0 aromatic heterocycles. The summed E-state index contributed by atoms with van der Waals surface area (Å²) in [6.45, 7) is 4.42. The molecule has 124 valence electrons. The van der Waals surface area contributed by atoms with Gasteiger partial charge in [-0.25, -0.2) is 0 Å². The van der Waals surface area contributed by atoms with Crippen molar-refractivity contribution < 1.29 is 9.59 Å². The molecule has 0 aliphatic carbocycles. The van der Waals surface area contributed by atoms with Gasteiger partial charge in [-0.3, -0.25) is 14.5 Å². The van der Waals surface area contributed by atoms with Crippen molar-refractivity contribution in [2.24, 2.45) is 0 Å². The number of benzene rings is 1. The number of nitrogens with one attached hydrogen (secondary N) is 1. The zero-order valence-electron chi connectivity index (χ0n) is 13.6. The van der Waals surface area contributed by atoms with Crippen LogP contribution < -0.4 is 5.32 Å². The third-order valence-corrected chi connectivity index (χ3v) is 4.72. The van der Waals surface area contributed by atoms with Crippen LogP contribution in [0.5, 0.6) is 0 Å². The van der Waals surface area contributed by atoms with Gasteiger partial charge >= 0.3 is 0 Å². The molecule has 3 rings (SSSR count). The Hall–Kier alpha value is -1.88. The molecule has 0 radical (unpaired) electrons. The number of amides is 2. The standard InChI is InChI=1S/C18H25N3O2/c22-17(14-21-10-4-3-7-18(21)23)19-9-12-20-11-8-15-5-1-2-6-16(15)13-20/h1-2,5-6H,3-4,7-14H2,(H,19,22). The lowest BCUT2D eigenvalue weighted by Gasteiger charge is -2.29. The number of hydrogen-bond donors (Lipinski definition) is 1. The highest BCUT2D eigenvalue weighted by Gasteiger charge is 2.20. The summed E-state index contributed by atoms with van der Waals surface area (Å²) in [4.78, 5) is 27.7. The maximum atomic E-state index is 12.0. The Balaban J connectivity index is 1.38. The van der Waals surface area contributed by atoms with Crippen molar-refractivity contribution in [3.8, 4) is 0 Å². The van der Waals surface area contributed by atoms with Gasteiger partial charge in [0.1, 0.15) is 0 Å². The molecule has 2 aliphatic heterocycles. The van der Waals surface area contributed by atoms with Gasteiger partial charge in [-0.15, -0.1) is 0 Å². The molecular weight excluding hydrogens is 290 g/mol. The Morgan fingerprint density at radius 3 is 2.74 bits per heavy atom. The molecule has 23 heavy (non-hydrogen) atoms. The van der Waals surface area contributed by atoms with Crippen LogP contribution in [-0.2, 0) is 22.6 Å². The molecule has 1 N–H and O–H groups in total. The smallest absolute Gasteiger partial charge is 0.239 e. The van der Waals surface area contributed by atoms with E-state index >= 15 is 0 Å². The first-order valence-electron chi connectivity index (χ1n) is 8.56. The predicted molar refractivity (Wildman–Crippen MR) is 88.9 cm³/mol. The predicted octanol–water partition coefficient (Wildman–Crippen LogP) is 1.17. The first-order chi connectivity index (χ1) is 11.2. The van der Waals surface area contributed by atoms with Gasteiger partial charge in [-0.2, -0.15) is 0 Å². The molecule has 1 aromatic rings. The van der Waals surface area contributed by atoms with E-state index in [-0.39, 0.29) is 18.4 Å². The van der Waals surface area contributed by atoms with Gasteiger partial charge in [0.2, 0.25) is 11.8 Å². The van der Waals surface area contributed by atoms with Crippen LogP contribution in [-0.4, -0.2) is 54.3 Å². The van der Waals surface area contributed by atoms with Gasteiger partial charge in [-0.1, -0.05) is 24.3 Å². The summed E-state index contributed by atoms with van der Waals surface area (Å²) in [5, 5.41) is 2.95. The summed E-state index contributed by atoms with van der Waals surface area (Å²) in [6.07, 6.45) is 3.62. The van der Waals surface area contributed by atoms with Crippen molar-refractivity contribution in [2.45, 2.75) is 32.2 Å². The first kappa shape index (κ1) is 16.0. The average molecular weight is 315 g/mol. The summed E-state index contributed by atoms with van der Waals surface area (Å²) in [5.41, 5.74) is 2.83. The van der Waals surface area contributed by atoms with Gasteiger partial charge in [0, 0.05) is 39.1 Å². The number of rotatable bonds is 5. The third-order valence-electron chi connectivity index (χ3n) is 4.72. The molecule has 2 aliphatic rings. The van der Waals surface area contributed by atoms with E-state index < -0.39 is 0 Å². The van der Waals surface area contributed by atoms with E-state index in [0.717, 1.165) is 45.4 Å². The van der Waals surface area contributed by atoms with Crippen molar-refractivity contribution in [3.05, 3.63) is 35.4 Å². The largest absolute Gasteiger partial charge is 0.353 e. The van der Waals surface area contributed by atoms with Gasteiger partial charge in [0.25, 0.3) is 0 Å². The van der Waals surface area contributed by atoms with E-state index in [1.807, 2.05) is 0 Å². The fourth-order valence-electron chi connectivity index (χ4n) is 3.36. The minimum atomic E-state index is -0.0438. The number of likely N-dealkylation sites (tertiary alicyclic amines) is 1. The molecule has 0 unspecified atom stereocenters. The second-order valence-electron chi connectivity index (χ2n) is 6.42. The molecule has 0 spiro atoms. The second-order valence-corrected chi connectivity index (χ2v) is 6.42. The van der Waals surface area contributed by atoms with Gasteiger partial charge < -0.3 is 10.2 Å². The highest BCUT2D eigenvalue weighted by atomic mass is 16.2. The molecule has 0 saturated carbocycles. The van der Waals surface area contributed by atoms with Crippen molar-refractivity contribution >= 4 is 11.8 Å². The molecule has 1 saturated heterocycles. The number of carbonyl (C=O) groups excluding carboxylic acids is 2. The molecule has 1 fully saturated rings. The molecule has 1 aromatic carbocycles. The molecule has 5 nitrogen and oxygen atoms in total. The Morgan fingerprint density at radius 1 is 1.09 bits per heavy atom. The van der Waals surface area contributed by atoms with E-state index in [1.165, 1.54) is 11.1 Å². The van der Waals surface area contributed by atoms with Gasteiger partial charge in [0.15, 0.2) is 0 Å². The average Bonchev–Trinajstić information content (AvgIpc) is 2.57. The Labute approximate surface area is 137 Å². The summed E-state index contributed by atoms with van der Waals surface area (Å²) in [7, 11) is 0. The Kier molecular flexibility index (Phi) is 5.28. The van der Waals surface area contributed by atoms with E-state index in [9.17, 15) is 9.59 Å². The second kappa shape index (κ2) is 7.59. The van der Waals surface area contributed by atoms with Crippen LogP contribution in [0.3, 0.4) is 0 Å². The third kappa shape index (κ3) is 4.32. The lowest BCUT2D eigenvalue weighted by molar-refractivity contribution is -0.137. The molecule has 2 heterocycles. The van der Waals surface area contributed by atoms with Crippen LogP contribution in [0.4, 0.5) is 0 Å². The minimum absolute atomic E-state index is 0.0438. The lowest BCUT2D eigenvalue weighted by atomic mass is 10.00. The van der Waals surface area contributed by atoms with Crippen LogP contribution in [0, 0.1) is 0 Å².